The fraction of sp³-hybridized carbons (Fsp3) is 0. The Bertz CT molecular complexity index is 1850. The van der Waals surface area contributed by atoms with E-state index in [0.29, 0.717) is 5.89 Å². The van der Waals surface area contributed by atoms with Crippen LogP contribution in [0.1, 0.15) is 0 Å². The monoisotopic (exact) mass is 448 g/mol. The van der Waals surface area contributed by atoms with Gasteiger partial charge in [0, 0.05) is 22.7 Å². The molecule has 0 aliphatic rings. The zero-order valence-corrected chi connectivity index (χ0v) is 18.8. The summed E-state index contributed by atoms with van der Waals surface area (Å²) in [4.78, 5) is 9.04. The van der Waals surface area contributed by atoms with Crippen LogP contribution in [0.3, 0.4) is 0 Å². The van der Waals surface area contributed by atoms with Gasteiger partial charge in [-0.05, 0) is 68.4 Å². The first-order valence-corrected chi connectivity index (χ1v) is 11.6. The van der Waals surface area contributed by atoms with E-state index in [1.165, 1.54) is 27.3 Å². The Morgan fingerprint density at radius 2 is 1.26 bits per heavy atom. The Morgan fingerprint density at radius 1 is 0.514 bits per heavy atom. The highest BCUT2D eigenvalue weighted by atomic mass is 16.3. The summed E-state index contributed by atoms with van der Waals surface area (Å²) in [6, 6.07) is 36.5. The number of nitrogens with zero attached hydrogens (tertiary/aromatic N) is 2. The summed E-state index contributed by atoms with van der Waals surface area (Å²) >= 11 is 0. The third-order valence-corrected chi connectivity index (χ3v) is 6.64. The van der Waals surface area contributed by atoms with Gasteiger partial charge in [-0.25, -0.2) is 4.98 Å². The van der Waals surface area contributed by atoms with Crippen LogP contribution >= 0.6 is 0 Å². The van der Waals surface area contributed by atoms with Crippen LogP contribution in [0.2, 0.25) is 0 Å². The van der Waals surface area contributed by atoms with Crippen molar-refractivity contribution in [2.75, 3.05) is 0 Å². The molecule has 3 nitrogen and oxygen atoms in total. The van der Waals surface area contributed by atoms with E-state index in [-0.39, 0.29) is 0 Å². The molecule has 0 N–H and O–H groups in total. The van der Waals surface area contributed by atoms with Gasteiger partial charge in [0.1, 0.15) is 6.26 Å². The molecule has 3 heteroatoms. The van der Waals surface area contributed by atoms with Gasteiger partial charge >= 0.3 is 0 Å². The Hall–Kier alpha value is -4.76. The Labute approximate surface area is 202 Å². The SMILES string of the molecule is c1ccc2cc(-c3ccc4ccc(-c5ccc6c(-c7ncco7)cccc6c5)cc4c3)ncc2c1. The smallest absolute Gasteiger partial charge is 0.226 e. The summed E-state index contributed by atoms with van der Waals surface area (Å²) in [5, 5.41) is 7.05. The Balaban J connectivity index is 1.31. The average Bonchev–Trinajstić information content (AvgIpc) is 3.46. The van der Waals surface area contributed by atoms with Gasteiger partial charge in [-0.15, -0.1) is 0 Å². The maximum atomic E-state index is 5.55. The highest BCUT2D eigenvalue weighted by Crippen LogP contribution is 2.33. The molecule has 0 saturated heterocycles. The lowest BCUT2D eigenvalue weighted by Crippen LogP contribution is -1.86. The second kappa shape index (κ2) is 7.93. The fourth-order valence-corrected chi connectivity index (χ4v) is 4.83. The van der Waals surface area contributed by atoms with Crippen LogP contribution in [0, 0.1) is 0 Å². The van der Waals surface area contributed by atoms with E-state index < -0.39 is 0 Å². The minimum Gasteiger partial charge on any atom is -0.445 e. The van der Waals surface area contributed by atoms with Crippen LogP contribution in [0.4, 0.5) is 0 Å². The van der Waals surface area contributed by atoms with Crippen molar-refractivity contribution in [2.24, 2.45) is 0 Å². The Kier molecular flexibility index (Phi) is 4.46. The second-order valence-electron chi connectivity index (χ2n) is 8.77. The van der Waals surface area contributed by atoms with Gasteiger partial charge in [0.2, 0.25) is 5.89 Å². The molecule has 2 aromatic heterocycles. The highest BCUT2D eigenvalue weighted by molar-refractivity contribution is 5.98. The van der Waals surface area contributed by atoms with Gasteiger partial charge in [0.05, 0.1) is 11.9 Å². The molecular formula is C32H20N2O. The minimum atomic E-state index is 0.642. The zero-order valence-electron chi connectivity index (χ0n) is 18.8. The number of rotatable bonds is 3. The van der Waals surface area contributed by atoms with Gasteiger partial charge in [-0.1, -0.05) is 72.8 Å². The molecule has 7 aromatic rings. The third kappa shape index (κ3) is 3.46. The van der Waals surface area contributed by atoms with Crippen LogP contribution in [0.5, 0.6) is 0 Å². The topological polar surface area (TPSA) is 38.9 Å². The highest BCUT2D eigenvalue weighted by Gasteiger charge is 2.10. The zero-order chi connectivity index (χ0) is 23.2. The van der Waals surface area contributed by atoms with Gasteiger partial charge in [0.15, 0.2) is 0 Å². The second-order valence-corrected chi connectivity index (χ2v) is 8.77. The first-order chi connectivity index (χ1) is 17.3. The van der Waals surface area contributed by atoms with Crippen molar-refractivity contribution in [2.45, 2.75) is 0 Å². The molecule has 0 radical (unpaired) electrons. The molecule has 0 aliphatic heterocycles. The minimum absolute atomic E-state index is 0.642. The molecule has 0 bridgehead atoms. The van der Waals surface area contributed by atoms with E-state index in [1.54, 1.807) is 12.5 Å². The molecule has 0 atom stereocenters. The first-order valence-electron chi connectivity index (χ1n) is 11.6. The number of hydrogen-bond acceptors (Lipinski definition) is 3. The van der Waals surface area contributed by atoms with E-state index in [1.807, 2.05) is 18.3 Å². The summed E-state index contributed by atoms with van der Waals surface area (Å²) in [7, 11) is 0. The number of hydrogen-bond donors (Lipinski definition) is 0. The number of benzene rings is 5. The maximum Gasteiger partial charge on any atom is 0.226 e. The van der Waals surface area contributed by atoms with Crippen molar-refractivity contribution >= 4 is 32.3 Å². The predicted octanol–water partition coefficient (Wildman–Crippen LogP) is 8.53. The molecule has 5 aromatic carbocycles. The maximum absolute atomic E-state index is 5.55. The molecule has 0 amide bonds. The van der Waals surface area contributed by atoms with Gasteiger partial charge in [-0.3, -0.25) is 4.98 Å². The predicted molar refractivity (Wildman–Crippen MR) is 143 cm³/mol. The summed E-state index contributed by atoms with van der Waals surface area (Å²) in [5.41, 5.74) is 5.48. The lowest BCUT2D eigenvalue weighted by Gasteiger charge is -2.09. The van der Waals surface area contributed by atoms with Crippen LogP contribution in [0.25, 0.3) is 66.2 Å². The van der Waals surface area contributed by atoms with Gasteiger partial charge < -0.3 is 4.42 Å². The van der Waals surface area contributed by atoms with E-state index in [9.17, 15) is 0 Å². The van der Waals surface area contributed by atoms with Crippen molar-refractivity contribution in [3.05, 3.63) is 122 Å². The van der Waals surface area contributed by atoms with E-state index in [4.69, 9.17) is 9.40 Å². The number of pyridine rings is 1. The van der Waals surface area contributed by atoms with Crippen molar-refractivity contribution < 1.29 is 4.42 Å². The van der Waals surface area contributed by atoms with E-state index in [2.05, 4.69) is 96.0 Å². The average molecular weight is 449 g/mol. The standard InChI is InChI=1S/C32H20N2O/c1-2-5-27-20-34-31(19-22(27)4-1)26-11-9-21-8-10-23(17-28(21)18-26)24-12-13-29-25(16-24)6-3-7-30(29)32-33-14-15-35-32/h1-20H. The van der Waals surface area contributed by atoms with Crippen LogP contribution in [-0.4, -0.2) is 9.97 Å². The molecule has 0 aliphatic carbocycles. The molecule has 164 valence electrons. The van der Waals surface area contributed by atoms with Crippen molar-refractivity contribution in [3.8, 4) is 33.8 Å². The molecule has 0 spiro atoms. The number of aromatic nitrogens is 2. The molecule has 0 saturated carbocycles. The number of fused-ring (bicyclic) bond motifs is 3. The molecule has 2 heterocycles. The largest absolute Gasteiger partial charge is 0.445 e. The van der Waals surface area contributed by atoms with Crippen molar-refractivity contribution in [3.63, 3.8) is 0 Å². The quantitative estimate of drug-likeness (QED) is 0.272. The normalized spacial score (nSPS) is 11.4. The van der Waals surface area contributed by atoms with Crippen molar-refractivity contribution in [1.29, 1.82) is 0 Å². The van der Waals surface area contributed by atoms with Crippen LogP contribution in [-0.2, 0) is 0 Å². The van der Waals surface area contributed by atoms with Crippen LogP contribution < -0.4 is 0 Å². The lowest BCUT2D eigenvalue weighted by atomic mass is 9.96. The van der Waals surface area contributed by atoms with Gasteiger partial charge in [0.25, 0.3) is 0 Å². The summed E-state index contributed by atoms with van der Waals surface area (Å²) in [6.45, 7) is 0. The molecule has 35 heavy (non-hydrogen) atoms. The molecular weight excluding hydrogens is 428 g/mol. The lowest BCUT2D eigenvalue weighted by molar-refractivity contribution is 0.575. The molecule has 7 rings (SSSR count). The summed E-state index contributed by atoms with van der Waals surface area (Å²) in [5.74, 6) is 0.642. The third-order valence-electron chi connectivity index (χ3n) is 6.64. The van der Waals surface area contributed by atoms with E-state index in [0.717, 1.165) is 33.0 Å². The van der Waals surface area contributed by atoms with Crippen LogP contribution in [0.15, 0.2) is 126 Å². The summed E-state index contributed by atoms with van der Waals surface area (Å²) in [6.07, 6.45) is 5.24. The molecule has 0 fully saturated rings. The van der Waals surface area contributed by atoms with E-state index >= 15 is 0 Å². The fourth-order valence-electron chi connectivity index (χ4n) is 4.83. The first kappa shape index (κ1) is 19.7. The number of oxazole rings is 1. The van der Waals surface area contributed by atoms with Gasteiger partial charge in [-0.2, -0.15) is 0 Å². The Morgan fingerprint density at radius 3 is 2.11 bits per heavy atom. The van der Waals surface area contributed by atoms with Crippen molar-refractivity contribution in [1.82, 2.24) is 9.97 Å². The molecule has 0 unspecified atom stereocenters. The summed E-state index contributed by atoms with van der Waals surface area (Å²) < 4.78 is 5.55.